The monoisotopic (exact) mass is 357 g/mol. The summed E-state index contributed by atoms with van der Waals surface area (Å²) in [6, 6.07) is 2.19. The maximum atomic E-state index is 13.9. The van der Waals surface area contributed by atoms with Gasteiger partial charge < -0.3 is 19.5 Å². The summed E-state index contributed by atoms with van der Waals surface area (Å²) in [6.07, 6.45) is 1.00. The Kier molecular flexibility index (Phi) is 4.79. The molecular formula is C15H13ClFNO6. The topological polar surface area (TPSA) is 90.9 Å². The van der Waals surface area contributed by atoms with Crippen molar-refractivity contribution in [3.05, 3.63) is 40.3 Å². The highest BCUT2D eigenvalue weighted by Gasteiger charge is 2.38. The molecule has 128 valence electrons. The lowest BCUT2D eigenvalue weighted by Gasteiger charge is -2.29. The van der Waals surface area contributed by atoms with Crippen molar-refractivity contribution in [2.45, 2.75) is 19.6 Å². The zero-order chi connectivity index (χ0) is 18.1. The Labute approximate surface area is 141 Å². The second kappa shape index (κ2) is 6.48. The van der Waals surface area contributed by atoms with Crippen LogP contribution in [0.5, 0.6) is 0 Å². The van der Waals surface area contributed by atoms with E-state index in [1.807, 2.05) is 0 Å². The van der Waals surface area contributed by atoms with E-state index >= 15 is 0 Å². The van der Waals surface area contributed by atoms with Gasteiger partial charge in [0.05, 0.1) is 12.1 Å². The zero-order valence-corrected chi connectivity index (χ0v) is 13.7. The standard InChI is InChI=1S/C15H13ClFNO6/c1-15(2)23-12(19)8(13(20)24-15)6-18-7-4-9(16)11(10(17)5-7)14(21)22-3/h4-6,18H,1-3H3. The van der Waals surface area contributed by atoms with Gasteiger partial charge in [-0.25, -0.2) is 18.8 Å². The minimum Gasteiger partial charge on any atom is -0.465 e. The Morgan fingerprint density at radius 2 is 1.88 bits per heavy atom. The summed E-state index contributed by atoms with van der Waals surface area (Å²) in [5, 5.41) is 2.33. The predicted octanol–water partition coefficient (Wildman–Crippen LogP) is 2.40. The summed E-state index contributed by atoms with van der Waals surface area (Å²) in [5.74, 6) is -4.99. The summed E-state index contributed by atoms with van der Waals surface area (Å²) in [5.41, 5.74) is -0.721. The maximum Gasteiger partial charge on any atom is 0.350 e. The molecule has 1 saturated heterocycles. The molecule has 1 aromatic carbocycles. The summed E-state index contributed by atoms with van der Waals surface area (Å²) in [6.45, 7) is 2.82. The van der Waals surface area contributed by atoms with Crippen molar-refractivity contribution < 1.29 is 33.0 Å². The second-order valence-corrected chi connectivity index (χ2v) is 5.59. The highest BCUT2D eigenvalue weighted by atomic mass is 35.5. The smallest absolute Gasteiger partial charge is 0.350 e. The van der Waals surface area contributed by atoms with Gasteiger partial charge in [0.1, 0.15) is 11.4 Å². The van der Waals surface area contributed by atoms with E-state index in [1.54, 1.807) is 0 Å². The minimum absolute atomic E-state index is 0.100. The van der Waals surface area contributed by atoms with Crippen LogP contribution < -0.4 is 5.32 Å². The Bertz CT molecular complexity index is 713. The van der Waals surface area contributed by atoms with Crippen molar-refractivity contribution in [2.75, 3.05) is 12.4 Å². The normalized spacial score (nSPS) is 16.1. The Balaban J connectivity index is 2.25. The molecule has 0 aliphatic carbocycles. The number of methoxy groups -OCH3 is 1. The molecule has 0 aromatic heterocycles. The molecule has 0 saturated carbocycles. The van der Waals surface area contributed by atoms with Gasteiger partial charge in [-0.1, -0.05) is 11.6 Å². The van der Waals surface area contributed by atoms with Gasteiger partial charge in [0.2, 0.25) is 0 Å². The highest BCUT2D eigenvalue weighted by Crippen LogP contribution is 2.26. The van der Waals surface area contributed by atoms with E-state index in [0.29, 0.717) is 0 Å². The van der Waals surface area contributed by atoms with Gasteiger partial charge in [-0.05, 0) is 12.1 Å². The Hall–Kier alpha value is -2.61. The van der Waals surface area contributed by atoms with Crippen LogP contribution in [0.4, 0.5) is 10.1 Å². The summed E-state index contributed by atoms with van der Waals surface area (Å²) < 4.78 is 28.2. The molecule has 0 atom stereocenters. The van der Waals surface area contributed by atoms with Crippen molar-refractivity contribution in [1.29, 1.82) is 0 Å². The number of hydrogen-bond donors (Lipinski definition) is 1. The van der Waals surface area contributed by atoms with Crippen LogP contribution in [-0.4, -0.2) is 30.8 Å². The van der Waals surface area contributed by atoms with Gasteiger partial charge in [-0.3, -0.25) is 0 Å². The first-order chi connectivity index (χ1) is 11.1. The van der Waals surface area contributed by atoms with E-state index in [1.165, 1.54) is 19.9 Å². The fraction of sp³-hybridized carbons (Fsp3) is 0.267. The van der Waals surface area contributed by atoms with Crippen LogP contribution in [0, 0.1) is 5.82 Å². The lowest BCUT2D eigenvalue weighted by atomic mass is 10.2. The Morgan fingerprint density at radius 1 is 1.29 bits per heavy atom. The first-order valence-corrected chi connectivity index (χ1v) is 7.03. The largest absolute Gasteiger partial charge is 0.465 e. The number of cyclic esters (lactones) is 2. The van der Waals surface area contributed by atoms with Crippen LogP contribution >= 0.6 is 11.6 Å². The number of benzene rings is 1. The molecule has 7 nitrogen and oxygen atoms in total. The van der Waals surface area contributed by atoms with E-state index in [4.69, 9.17) is 21.1 Å². The molecule has 1 heterocycles. The number of ether oxygens (including phenoxy) is 3. The number of nitrogens with one attached hydrogen (secondary N) is 1. The van der Waals surface area contributed by atoms with Crippen LogP contribution in [0.25, 0.3) is 0 Å². The fourth-order valence-corrected chi connectivity index (χ4v) is 2.17. The van der Waals surface area contributed by atoms with Crippen LogP contribution in [0.15, 0.2) is 23.9 Å². The number of halogens is 2. The summed E-state index contributed by atoms with van der Waals surface area (Å²) in [7, 11) is 1.09. The average molecular weight is 358 g/mol. The number of carbonyl (C=O) groups is 3. The second-order valence-electron chi connectivity index (χ2n) is 5.19. The molecule has 0 radical (unpaired) electrons. The molecule has 2 rings (SSSR count). The molecule has 24 heavy (non-hydrogen) atoms. The molecule has 1 N–H and O–H groups in total. The van der Waals surface area contributed by atoms with Gasteiger partial charge in [-0.2, -0.15) is 0 Å². The minimum atomic E-state index is -1.36. The maximum absolute atomic E-state index is 13.9. The molecule has 1 fully saturated rings. The zero-order valence-electron chi connectivity index (χ0n) is 12.9. The first kappa shape index (κ1) is 17.7. The van der Waals surface area contributed by atoms with Gasteiger partial charge in [0, 0.05) is 25.7 Å². The molecule has 0 bridgehead atoms. The van der Waals surface area contributed by atoms with E-state index in [9.17, 15) is 18.8 Å². The third kappa shape index (κ3) is 3.65. The van der Waals surface area contributed by atoms with Crippen LogP contribution in [0.3, 0.4) is 0 Å². The number of rotatable bonds is 3. The van der Waals surface area contributed by atoms with Crippen molar-refractivity contribution in [3.63, 3.8) is 0 Å². The van der Waals surface area contributed by atoms with Crippen LogP contribution in [-0.2, 0) is 23.8 Å². The van der Waals surface area contributed by atoms with Crippen LogP contribution in [0.2, 0.25) is 5.02 Å². The predicted molar refractivity (Wildman–Crippen MR) is 80.7 cm³/mol. The molecule has 1 aliphatic heterocycles. The lowest BCUT2D eigenvalue weighted by molar-refractivity contribution is -0.222. The molecule has 0 spiro atoms. The number of anilines is 1. The van der Waals surface area contributed by atoms with Gasteiger partial charge in [0.15, 0.2) is 5.57 Å². The van der Waals surface area contributed by atoms with E-state index in [0.717, 1.165) is 19.4 Å². The number of esters is 3. The van der Waals surface area contributed by atoms with E-state index < -0.39 is 40.6 Å². The molecule has 0 amide bonds. The van der Waals surface area contributed by atoms with Crippen molar-refractivity contribution in [1.82, 2.24) is 0 Å². The molecule has 0 unspecified atom stereocenters. The van der Waals surface area contributed by atoms with Crippen molar-refractivity contribution >= 4 is 35.2 Å². The fourth-order valence-electron chi connectivity index (χ4n) is 1.89. The van der Waals surface area contributed by atoms with Gasteiger partial charge in [-0.15, -0.1) is 0 Å². The Morgan fingerprint density at radius 3 is 2.38 bits per heavy atom. The average Bonchev–Trinajstić information content (AvgIpc) is 2.44. The van der Waals surface area contributed by atoms with Crippen molar-refractivity contribution in [3.8, 4) is 0 Å². The summed E-state index contributed by atoms with van der Waals surface area (Å²) in [4.78, 5) is 34.9. The molecule has 9 heteroatoms. The number of hydrogen-bond acceptors (Lipinski definition) is 7. The lowest BCUT2D eigenvalue weighted by Crippen LogP contribution is -2.42. The van der Waals surface area contributed by atoms with Gasteiger partial charge in [0.25, 0.3) is 5.79 Å². The van der Waals surface area contributed by atoms with E-state index in [-0.39, 0.29) is 10.7 Å². The van der Waals surface area contributed by atoms with Crippen LogP contribution in [0.1, 0.15) is 24.2 Å². The third-order valence-electron chi connectivity index (χ3n) is 2.93. The molecule has 1 aliphatic rings. The first-order valence-electron chi connectivity index (χ1n) is 6.65. The third-order valence-corrected chi connectivity index (χ3v) is 3.23. The van der Waals surface area contributed by atoms with Crippen molar-refractivity contribution in [2.24, 2.45) is 0 Å². The van der Waals surface area contributed by atoms with E-state index in [2.05, 4.69) is 10.1 Å². The SMILES string of the molecule is COC(=O)c1c(F)cc(NC=C2C(=O)OC(C)(C)OC2=O)cc1Cl. The van der Waals surface area contributed by atoms with Gasteiger partial charge >= 0.3 is 17.9 Å². The molecular weight excluding hydrogens is 345 g/mol. The quantitative estimate of drug-likeness (QED) is 0.504. The summed E-state index contributed by atoms with van der Waals surface area (Å²) >= 11 is 5.84. The highest BCUT2D eigenvalue weighted by molar-refractivity contribution is 6.34. The number of carbonyl (C=O) groups excluding carboxylic acids is 3. The molecule has 1 aromatic rings.